The average molecular weight is 584 g/mol. The lowest BCUT2D eigenvalue weighted by Crippen LogP contribution is -2.50. The zero-order valence-electron chi connectivity index (χ0n) is 21.8. The molecule has 2 aromatic carbocycles. The van der Waals surface area contributed by atoms with E-state index in [-0.39, 0.29) is 36.4 Å². The number of alkyl halides is 1. The summed E-state index contributed by atoms with van der Waals surface area (Å²) in [6.07, 6.45) is 3.22. The molecule has 1 aliphatic heterocycles. The summed E-state index contributed by atoms with van der Waals surface area (Å²) in [5.74, 6) is -2.83. The summed E-state index contributed by atoms with van der Waals surface area (Å²) in [5, 5.41) is 6.17. The van der Waals surface area contributed by atoms with Crippen molar-refractivity contribution in [2.45, 2.75) is 31.1 Å². The summed E-state index contributed by atoms with van der Waals surface area (Å²) in [7, 11) is 0. The molecular weight excluding hydrogens is 557 g/mol. The van der Waals surface area contributed by atoms with E-state index in [0.717, 1.165) is 0 Å². The van der Waals surface area contributed by atoms with E-state index < -0.39 is 40.4 Å². The van der Waals surface area contributed by atoms with Crippen LogP contribution in [-0.4, -0.2) is 48.5 Å². The second-order valence-corrected chi connectivity index (χ2v) is 10.5. The monoisotopic (exact) mass is 583 g/mol. The molecule has 9 nitrogen and oxygen atoms in total. The average Bonchev–Trinajstić information content (AvgIpc) is 2.95. The lowest BCUT2D eigenvalue weighted by Gasteiger charge is -2.33. The highest BCUT2D eigenvalue weighted by Crippen LogP contribution is 2.35. The molecule has 3 N–H and O–H groups in total. The van der Waals surface area contributed by atoms with Crippen molar-refractivity contribution in [3.63, 3.8) is 0 Å². The lowest BCUT2D eigenvalue weighted by atomic mass is 9.95. The van der Waals surface area contributed by atoms with E-state index >= 15 is 8.78 Å². The van der Waals surface area contributed by atoms with Crippen molar-refractivity contribution in [2.75, 3.05) is 18.4 Å². The van der Waals surface area contributed by atoms with Crippen molar-refractivity contribution < 1.29 is 26.7 Å². The van der Waals surface area contributed by atoms with Crippen LogP contribution in [0.1, 0.15) is 30.5 Å². The molecule has 1 fully saturated rings. The second-order valence-electron chi connectivity index (χ2n) is 9.79. The molecule has 214 valence electrons. The van der Waals surface area contributed by atoms with Gasteiger partial charge in [0.25, 0.3) is 0 Å². The SMILES string of the molecule is C[C@@]1(F)CNC[C@@H](Nc2nccc(-c3cccnc3Oc3ccc(C(NS(=O)[O-])c4ccccc4)c(F)c3F)n2)C1. The maximum atomic E-state index is 15.3. The predicted molar refractivity (Wildman–Crippen MR) is 146 cm³/mol. The van der Waals surface area contributed by atoms with Crippen LogP contribution >= 0.6 is 0 Å². The summed E-state index contributed by atoms with van der Waals surface area (Å²) < 4.78 is 75.8. The molecule has 0 amide bonds. The Morgan fingerprint density at radius 1 is 1.07 bits per heavy atom. The summed E-state index contributed by atoms with van der Waals surface area (Å²) in [5.41, 5.74) is -0.398. The second kappa shape index (κ2) is 12.3. The Labute approximate surface area is 237 Å². The molecule has 5 rings (SSSR count). The van der Waals surface area contributed by atoms with Crippen LogP contribution in [0.2, 0.25) is 0 Å². The number of piperidine rings is 1. The lowest BCUT2D eigenvalue weighted by molar-refractivity contribution is 0.137. The Bertz CT molecular complexity index is 1550. The fourth-order valence-electron chi connectivity index (χ4n) is 4.70. The van der Waals surface area contributed by atoms with Gasteiger partial charge in [0.2, 0.25) is 17.6 Å². The Morgan fingerprint density at radius 2 is 1.88 bits per heavy atom. The van der Waals surface area contributed by atoms with E-state index in [1.54, 1.807) is 48.5 Å². The van der Waals surface area contributed by atoms with Crippen LogP contribution in [0.25, 0.3) is 11.3 Å². The summed E-state index contributed by atoms with van der Waals surface area (Å²) >= 11 is -2.75. The number of halogens is 3. The Morgan fingerprint density at radius 3 is 2.63 bits per heavy atom. The van der Waals surface area contributed by atoms with Crippen molar-refractivity contribution in [3.8, 4) is 22.9 Å². The van der Waals surface area contributed by atoms with E-state index in [1.807, 2.05) is 0 Å². The summed E-state index contributed by atoms with van der Waals surface area (Å²) in [6.45, 7) is 2.34. The van der Waals surface area contributed by atoms with E-state index in [9.17, 15) is 13.2 Å². The number of anilines is 1. The first-order valence-corrected chi connectivity index (χ1v) is 13.8. The Kier molecular flexibility index (Phi) is 8.59. The van der Waals surface area contributed by atoms with E-state index in [4.69, 9.17) is 4.74 Å². The number of hydrogen-bond acceptors (Lipinski definition) is 8. The Hall–Kier alpha value is -3.91. The van der Waals surface area contributed by atoms with Crippen molar-refractivity contribution >= 4 is 17.2 Å². The van der Waals surface area contributed by atoms with Crippen molar-refractivity contribution in [2.24, 2.45) is 0 Å². The number of hydrogen-bond donors (Lipinski definition) is 3. The third kappa shape index (κ3) is 6.88. The highest BCUT2D eigenvalue weighted by Gasteiger charge is 2.32. The van der Waals surface area contributed by atoms with Gasteiger partial charge in [-0.05, 0) is 36.8 Å². The van der Waals surface area contributed by atoms with E-state index in [0.29, 0.717) is 23.4 Å². The molecule has 3 heterocycles. The van der Waals surface area contributed by atoms with Crippen LogP contribution in [0.3, 0.4) is 0 Å². The predicted octanol–water partition coefficient (Wildman–Crippen LogP) is 4.58. The molecule has 0 radical (unpaired) electrons. The Balaban J connectivity index is 1.41. The van der Waals surface area contributed by atoms with Crippen LogP contribution in [0, 0.1) is 11.6 Å². The molecule has 0 aliphatic carbocycles. The maximum absolute atomic E-state index is 15.3. The molecule has 13 heteroatoms. The van der Waals surface area contributed by atoms with Gasteiger partial charge in [0.05, 0.1) is 17.3 Å². The molecule has 1 saturated heterocycles. The maximum Gasteiger partial charge on any atom is 0.228 e. The van der Waals surface area contributed by atoms with Gasteiger partial charge in [0.1, 0.15) is 5.67 Å². The molecule has 4 atom stereocenters. The van der Waals surface area contributed by atoms with Gasteiger partial charge < -0.3 is 19.9 Å². The number of ether oxygens (including phenoxy) is 1. The number of nitrogens with zero attached hydrogens (tertiary/aromatic N) is 3. The molecule has 2 unspecified atom stereocenters. The van der Waals surface area contributed by atoms with Crippen LogP contribution in [0.4, 0.5) is 19.1 Å². The van der Waals surface area contributed by atoms with Gasteiger partial charge in [0.15, 0.2) is 11.6 Å². The molecule has 41 heavy (non-hydrogen) atoms. The summed E-state index contributed by atoms with van der Waals surface area (Å²) in [4.78, 5) is 12.9. The van der Waals surface area contributed by atoms with E-state index in [2.05, 4.69) is 30.3 Å². The minimum Gasteiger partial charge on any atom is -0.760 e. The fourth-order valence-corrected chi connectivity index (χ4v) is 5.16. The number of benzene rings is 2. The minimum atomic E-state index is -2.75. The molecule has 4 aromatic rings. The van der Waals surface area contributed by atoms with Gasteiger partial charge in [-0.15, -0.1) is 0 Å². The highest BCUT2D eigenvalue weighted by molar-refractivity contribution is 7.77. The molecule has 1 aliphatic rings. The van der Waals surface area contributed by atoms with Gasteiger partial charge in [-0.2, -0.15) is 4.39 Å². The van der Waals surface area contributed by atoms with Gasteiger partial charge in [0, 0.05) is 54.8 Å². The normalized spacial score (nSPS) is 20.3. The van der Waals surface area contributed by atoms with Crippen LogP contribution in [0.15, 0.2) is 73.1 Å². The van der Waals surface area contributed by atoms with Crippen molar-refractivity contribution in [1.29, 1.82) is 0 Å². The zero-order chi connectivity index (χ0) is 29.0. The first-order valence-electron chi connectivity index (χ1n) is 12.7. The minimum absolute atomic E-state index is 0.0442. The van der Waals surface area contributed by atoms with Gasteiger partial charge >= 0.3 is 0 Å². The summed E-state index contributed by atoms with van der Waals surface area (Å²) in [6, 6.07) is 14.2. The number of nitrogens with one attached hydrogen (secondary N) is 3. The third-order valence-electron chi connectivity index (χ3n) is 6.53. The topological polar surface area (TPSA) is 124 Å². The largest absolute Gasteiger partial charge is 0.760 e. The number of rotatable bonds is 9. The first kappa shape index (κ1) is 28.6. The number of aromatic nitrogens is 3. The highest BCUT2D eigenvalue weighted by atomic mass is 32.2. The zero-order valence-corrected chi connectivity index (χ0v) is 22.6. The molecular formula is C28H26F3N6O3S-. The first-order chi connectivity index (χ1) is 19.7. The fraction of sp³-hybridized carbons (Fsp3) is 0.250. The van der Waals surface area contributed by atoms with Crippen molar-refractivity contribution in [3.05, 3.63) is 95.8 Å². The molecule has 0 spiro atoms. The van der Waals surface area contributed by atoms with Gasteiger partial charge in [-0.1, -0.05) is 36.4 Å². The molecule has 2 aromatic heterocycles. The van der Waals surface area contributed by atoms with Crippen LogP contribution < -0.4 is 20.1 Å². The molecule has 0 bridgehead atoms. The van der Waals surface area contributed by atoms with Crippen molar-refractivity contribution in [1.82, 2.24) is 25.0 Å². The smallest absolute Gasteiger partial charge is 0.228 e. The quantitative estimate of drug-likeness (QED) is 0.245. The number of pyridine rings is 1. The van der Waals surface area contributed by atoms with Crippen LogP contribution in [0.5, 0.6) is 11.6 Å². The third-order valence-corrected chi connectivity index (χ3v) is 6.96. The molecule has 0 saturated carbocycles. The van der Waals surface area contributed by atoms with Crippen LogP contribution in [-0.2, 0) is 11.3 Å². The van der Waals surface area contributed by atoms with E-state index in [1.165, 1.54) is 31.5 Å². The standard InChI is InChI=1S/C28H27F3N6O3S/c1-28(31)14-18(15-32-16-28)35-27-34-13-11-21(36-27)19-8-5-12-33-26(19)40-22-10-9-20(23(29)24(22)30)25(37-41(38)39)17-6-3-2-4-7-17/h2-13,18,25,32,37H,14-16H2,1H3,(H,38,39)(H,34,35,36)/p-1/t18-,25?,28-/m0/s1. The van der Waals surface area contributed by atoms with Gasteiger partial charge in [-0.25, -0.2) is 28.5 Å². The van der Waals surface area contributed by atoms with Gasteiger partial charge in [-0.3, -0.25) is 4.21 Å².